The Bertz CT molecular complexity index is 1120. The Kier molecular flexibility index (Phi) is 6.37. The molecular weight excluding hydrogens is 416 g/mol. The summed E-state index contributed by atoms with van der Waals surface area (Å²) in [5.41, 5.74) is 3.04. The number of ketones is 2. The topological polar surface area (TPSA) is 92.8 Å². The Morgan fingerprint density at radius 1 is 1.15 bits per heavy atom. The Hall–Kier alpha value is -3.02. The Balaban J connectivity index is 1.58. The van der Waals surface area contributed by atoms with Crippen LogP contribution in [0.1, 0.15) is 86.7 Å². The quantitative estimate of drug-likeness (QED) is 0.583. The maximum atomic E-state index is 13.1. The van der Waals surface area contributed by atoms with Gasteiger partial charge in [-0.1, -0.05) is 49.3 Å². The highest BCUT2D eigenvalue weighted by Crippen LogP contribution is 2.37. The first kappa shape index (κ1) is 23.1. The van der Waals surface area contributed by atoms with Crippen LogP contribution in [-0.4, -0.2) is 33.6 Å². The second-order valence-corrected chi connectivity index (χ2v) is 10.3. The van der Waals surface area contributed by atoms with Crippen LogP contribution in [0.15, 0.2) is 51.2 Å². The Labute approximate surface area is 194 Å². The second kappa shape index (κ2) is 9.08. The first-order valence-corrected chi connectivity index (χ1v) is 11.7. The van der Waals surface area contributed by atoms with Crippen LogP contribution in [0.25, 0.3) is 0 Å². The summed E-state index contributed by atoms with van der Waals surface area (Å²) in [6.45, 7) is 7.99. The van der Waals surface area contributed by atoms with Crippen molar-refractivity contribution in [2.24, 2.45) is 10.4 Å². The highest BCUT2D eigenvalue weighted by molar-refractivity contribution is 6.23. The van der Waals surface area contributed by atoms with E-state index >= 15 is 0 Å². The number of carbonyl (C=O) groups is 2. The minimum Gasteiger partial charge on any atom is -0.511 e. The largest absolute Gasteiger partial charge is 0.511 e. The molecule has 0 amide bonds. The molecule has 0 radical (unpaired) electrons. The summed E-state index contributed by atoms with van der Waals surface area (Å²) in [5.74, 6) is 0.675. The molecule has 2 aliphatic carbocycles. The third-order valence-corrected chi connectivity index (χ3v) is 6.40. The molecule has 0 aliphatic heterocycles. The monoisotopic (exact) mass is 448 g/mol. The number of aromatic nitrogens is 1. The van der Waals surface area contributed by atoms with Crippen LogP contribution in [0.5, 0.6) is 0 Å². The van der Waals surface area contributed by atoms with Gasteiger partial charge in [0.1, 0.15) is 11.5 Å². The number of hydrogen-bond donors (Lipinski definition) is 1. The molecule has 6 nitrogen and oxygen atoms in total. The van der Waals surface area contributed by atoms with Gasteiger partial charge in [-0.2, -0.15) is 0 Å². The third-order valence-electron chi connectivity index (χ3n) is 6.40. The van der Waals surface area contributed by atoms with E-state index in [9.17, 15) is 14.7 Å². The number of fused-ring (bicyclic) bond motifs is 1. The van der Waals surface area contributed by atoms with Crippen molar-refractivity contribution >= 4 is 17.3 Å². The lowest BCUT2D eigenvalue weighted by Crippen LogP contribution is -2.27. The molecule has 1 atom stereocenters. The summed E-state index contributed by atoms with van der Waals surface area (Å²) in [4.78, 5) is 30.6. The predicted molar refractivity (Wildman–Crippen MR) is 127 cm³/mol. The van der Waals surface area contributed by atoms with Gasteiger partial charge in [0.2, 0.25) is 0 Å². The van der Waals surface area contributed by atoms with E-state index in [2.05, 4.69) is 24.0 Å². The van der Waals surface area contributed by atoms with Crippen molar-refractivity contribution in [3.05, 3.63) is 64.2 Å². The number of aliphatic hydroxyl groups is 1. The lowest BCUT2D eigenvalue weighted by molar-refractivity contribution is -0.116. The molecule has 1 unspecified atom stereocenters. The van der Waals surface area contributed by atoms with Gasteiger partial charge < -0.3 is 9.63 Å². The van der Waals surface area contributed by atoms with Crippen LogP contribution in [0.4, 0.5) is 0 Å². The molecule has 0 bridgehead atoms. The number of allylic oxidation sites excluding steroid dienone is 2. The van der Waals surface area contributed by atoms with Gasteiger partial charge in [-0.05, 0) is 43.6 Å². The molecular formula is C27H32N2O4. The van der Waals surface area contributed by atoms with Crippen molar-refractivity contribution < 1.29 is 19.2 Å². The second-order valence-electron chi connectivity index (χ2n) is 10.3. The molecule has 33 heavy (non-hydrogen) atoms. The van der Waals surface area contributed by atoms with Crippen molar-refractivity contribution in [2.75, 3.05) is 0 Å². The third kappa shape index (κ3) is 5.00. The number of carbonyl (C=O) groups excluding carboxylic acids is 2. The number of benzene rings is 1. The van der Waals surface area contributed by atoms with E-state index in [-0.39, 0.29) is 34.7 Å². The van der Waals surface area contributed by atoms with Crippen molar-refractivity contribution in [3.8, 4) is 0 Å². The van der Waals surface area contributed by atoms with Gasteiger partial charge in [0, 0.05) is 37.4 Å². The van der Waals surface area contributed by atoms with Crippen LogP contribution in [0.2, 0.25) is 0 Å². The average molecular weight is 449 g/mol. The highest BCUT2D eigenvalue weighted by atomic mass is 16.5. The van der Waals surface area contributed by atoms with Gasteiger partial charge in [-0.3, -0.25) is 14.6 Å². The smallest absolute Gasteiger partial charge is 0.168 e. The highest BCUT2D eigenvalue weighted by Gasteiger charge is 2.37. The molecule has 6 heteroatoms. The van der Waals surface area contributed by atoms with Crippen LogP contribution >= 0.6 is 0 Å². The zero-order chi connectivity index (χ0) is 23.8. The molecule has 0 fully saturated rings. The molecule has 0 saturated carbocycles. The fraction of sp³-hybridized carbons (Fsp3) is 0.481. The number of aliphatic imine (C=N–C) groups is 1. The summed E-state index contributed by atoms with van der Waals surface area (Å²) in [6, 6.07) is 9.78. The number of aryl methyl sites for hydroxylation is 1. The summed E-state index contributed by atoms with van der Waals surface area (Å²) in [6.07, 6.45) is 2.74. The summed E-state index contributed by atoms with van der Waals surface area (Å²) < 4.78 is 5.52. The van der Waals surface area contributed by atoms with E-state index in [0.29, 0.717) is 66.8 Å². The molecule has 1 aromatic heterocycles. The molecule has 0 saturated heterocycles. The first-order valence-electron chi connectivity index (χ1n) is 11.7. The van der Waals surface area contributed by atoms with Crippen LogP contribution in [-0.2, 0) is 17.6 Å². The maximum Gasteiger partial charge on any atom is 0.168 e. The number of nitrogens with zero attached hydrogens (tertiary/aromatic N) is 2. The fourth-order valence-corrected chi connectivity index (χ4v) is 4.98. The maximum absolute atomic E-state index is 13.1. The molecule has 2 aliphatic rings. The first-order chi connectivity index (χ1) is 15.6. The van der Waals surface area contributed by atoms with Gasteiger partial charge in [0.25, 0.3) is 0 Å². The number of rotatable bonds is 6. The zero-order valence-electron chi connectivity index (χ0n) is 19.9. The normalized spacial score (nSPS) is 21.0. The molecule has 1 N–H and O–H groups in total. The van der Waals surface area contributed by atoms with E-state index in [4.69, 9.17) is 4.52 Å². The Morgan fingerprint density at radius 2 is 1.88 bits per heavy atom. The molecule has 2 aromatic rings. The van der Waals surface area contributed by atoms with Crippen LogP contribution in [0.3, 0.4) is 0 Å². The predicted octanol–water partition coefficient (Wildman–Crippen LogP) is 5.57. The van der Waals surface area contributed by atoms with E-state index < -0.39 is 0 Å². The van der Waals surface area contributed by atoms with Gasteiger partial charge in [-0.25, -0.2) is 0 Å². The van der Waals surface area contributed by atoms with E-state index in [1.54, 1.807) is 0 Å². The molecule has 4 rings (SSSR count). The molecule has 174 valence electrons. The summed E-state index contributed by atoms with van der Waals surface area (Å²) in [5, 5.41) is 15.1. The lowest BCUT2D eigenvalue weighted by Gasteiger charge is -2.26. The number of hydrogen-bond acceptors (Lipinski definition) is 6. The minimum absolute atomic E-state index is 0.0337. The van der Waals surface area contributed by atoms with Crippen molar-refractivity contribution in [2.45, 2.75) is 78.2 Å². The van der Waals surface area contributed by atoms with Crippen LogP contribution < -0.4 is 0 Å². The van der Waals surface area contributed by atoms with Gasteiger partial charge >= 0.3 is 0 Å². The fourth-order valence-electron chi connectivity index (χ4n) is 4.98. The average Bonchev–Trinajstić information content (AvgIpc) is 3.13. The van der Waals surface area contributed by atoms with E-state index in [0.717, 1.165) is 5.56 Å². The number of Topliss-reactive ketones (excluding diaryl/α,β-unsaturated/α-hetero) is 2. The van der Waals surface area contributed by atoms with Crippen molar-refractivity contribution in [1.82, 2.24) is 5.16 Å². The van der Waals surface area contributed by atoms with Crippen molar-refractivity contribution in [3.63, 3.8) is 0 Å². The van der Waals surface area contributed by atoms with Crippen LogP contribution in [0, 0.1) is 5.41 Å². The lowest BCUT2D eigenvalue weighted by atomic mass is 9.75. The summed E-state index contributed by atoms with van der Waals surface area (Å²) in [7, 11) is 0. The SMILES string of the molecule is CC(C)N=C(CCc1noc2c1C(=O)CC(C)(C)C2)C1=C(O)CC(c2ccccc2)CC1=O. The Morgan fingerprint density at radius 3 is 2.55 bits per heavy atom. The number of aliphatic hydroxyl groups excluding tert-OH is 1. The van der Waals surface area contributed by atoms with Gasteiger partial charge in [0.05, 0.1) is 16.8 Å². The summed E-state index contributed by atoms with van der Waals surface area (Å²) >= 11 is 0. The molecule has 1 aromatic carbocycles. The molecule has 1 heterocycles. The van der Waals surface area contributed by atoms with E-state index in [1.165, 1.54) is 0 Å². The van der Waals surface area contributed by atoms with Gasteiger partial charge in [0.15, 0.2) is 11.6 Å². The molecule has 0 spiro atoms. The minimum atomic E-state index is -0.133. The standard InChI is InChI=1S/C27H32N2O4/c1-16(2)28-19(10-11-20-26-23(32)14-27(3,4)15-24(26)33-29-20)25-21(30)12-18(13-22(25)31)17-8-6-5-7-9-17/h5-9,16,18,30H,10-15H2,1-4H3. The van der Waals surface area contributed by atoms with Crippen molar-refractivity contribution in [1.29, 1.82) is 0 Å². The van der Waals surface area contributed by atoms with Gasteiger partial charge in [-0.15, -0.1) is 0 Å². The van der Waals surface area contributed by atoms with E-state index in [1.807, 2.05) is 44.2 Å². The zero-order valence-corrected chi connectivity index (χ0v) is 19.9.